The molecule has 17 heavy (non-hydrogen) atoms. The van der Waals surface area contributed by atoms with Crippen molar-refractivity contribution in [2.75, 3.05) is 12.4 Å². The fraction of sp³-hybridized carbons (Fsp3) is 0.667. The van der Waals surface area contributed by atoms with Crippen LogP contribution in [-0.4, -0.2) is 24.1 Å². The van der Waals surface area contributed by atoms with E-state index >= 15 is 0 Å². The van der Waals surface area contributed by atoms with Gasteiger partial charge in [-0.2, -0.15) is 0 Å². The fourth-order valence-electron chi connectivity index (χ4n) is 1.86. The molecule has 1 unspecified atom stereocenters. The summed E-state index contributed by atoms with van der Waals surface area (Å²) in [7, 11) is 1.39. The quantitative estimate of drug-likeness (QED) is 0.821. The molecule has 4 nitrogen and oxygen atoms in total. The number of nitrogens with one attached hydrogen (secondary N) is 1. The largest absolute Gasteiger partial charge is 0.465 e. The third kappa shape index (κ3) is 3.19. The van der Waals surface area contributed by atoms with E-state index in [1.807, 2.05) is 6.92 Å². The number of hydrogen-bond donors (Lipinski definition) is 1. The van der Waals surface area contributed by atoms with Crippen molar-refractivity contribution in [3.05, 3.63) is 10.6 Å². The van der Waals surface area contributed by atoms with Crippen LogP contribution in [0.25, 0.3) is 0 Å². The minimum Gasteiger partial charge on any atom is -0.465 e. The van der Waals surface area contributed by atoms with Crippen LogP contribution in [0.3, 0.4) is 0 Å². The van der Waals surface area contributed by atoms with Crippen molar-refractivity contribution in [3.63, 3.8) is 0 Å². The Kier molecular flexibility index (Phi) is 3.66. The molecule has 1 aromatic rings. The number of ether oxygens (including phenoxy) is 1. The summed E-state index contributed by atoms with van der Waals surface area (Å²) < 4.78 is 4.71. The third-order valence-electron chi connectivity index (χ3n) is 2.92. The maximum absolute atomic E-state index is 11.4. The molecule has 0 radical (unpaired) electrons. The molecule has 1 heterocycles. The summed E-state index contributed by atoms with van der Waals surface area (Å²) in [6.07, 6.45) is 3.90. The second-order valence-electron chi connectivity index (χ2n) is 4.65. The topological polar surface area (TPSA) is 51.2 Å². The van der Waals surface area contributed by atoms with Crippen LogP contribution in [0.15, 0.2) is 0 Å². The molecule has 1 fully saturated rings. The molecule has 5 heteroatoms. The van der Waals surface area contributed by atoms with E-state index < -0.39 is 0 Å². The summed E-state index contributed by atoms with van der Waals surface area (Å²) in [5.41, 5.74) is 0.739. The predicted octanol–water partition coefficient (Wildman–Crippen LogP) is 2.84. The SMILES string of the molecule is COC(=O)c1sc(NC(C)CC2CC2)nc1C. The average molecular weight is 254 g/mol. The Balaban J connectivity index is 1.98. The van der Waals surface area contributed by atoms with Gasteiger partial charge in [0.1, 0.15) is 4.88 Å². The van der Waals surface area contributed by atoms with Crippen LogP contribution in [0.4, 0.5) is 5.13 Å². The number of nitrogens with zero attached hydrogens (tertiary/aromatic N) is 1. The molecule has 0 aliphatic heterocycles. The van der Waals surface area contributed by atoms with Crippen LogP contribution in [-0.2, 0) is 4.74 Å². The molecule has 0 saturated heterocycles. The summed E-state index contributed by atoms with van der Waals surface area (Å²) in [5, 5.41) is 4.17. The first-order chi connectivity index (χ1) is 8.10. The zero-order valence-electron chi connectivity index (χ0n) is 10.4. The molecule has 0 bridgehead atoms. The molecule has 2 rings (SSSR count). The first kappa shape index (κ1) is 12.4. The number of methoxy groups -OCH3 is 1. The van der Waals surface area contributed by atoms with Crippen LogP contribution in [0.2, 0.25) is 0 Å². The first-order valence-electron chi connectivity index (χ1n) is 5.92. The van der Waals surface area contributed by atoms with E-state index in [1.165, 1.54) is 37.7 Å². The second-order valence-corrected chi connectivity index (χ2v) is 5.65. The lowest BCUT2D eigenvalue weighted by molar-refractivity contribution is 0.0605. The van der Waals surface area contributed by atoms with E-state index in [4.69, 9.17) is 4.74 Å². The van der Waals surface area contributed by atoms with Gasteiger partial charge in [-0.05, 0) is 26.2 Å². The Labute approximate surface area is 105 Å². The Morgan fingerprint density at radius 3 is 2.94 bits per heavy atom. The second kappa shape index (κ2) is 5.04. The zero-order valence-corrected chi connectivity index (χ0v) is 11.3. The molecule has 1 aromatic heterocycles. The first-order valence-corrected chi connectivity index (χ1v) is 6.74. The van der Waals surface area contributed by atoms with Crippen molar-refractivity contribution in [2.45, 2.75) is 39.2 Å². The molecule has 1 aliphatic carbocycles. The molecule has 94 valence electrons. The third-order valence-corrected chi connectivity index (χ3v) is 3.99. The molecule has 1 saturated carbocycles. The number of thiazole rings is 1. The van der Waals surface area contributed by atoms with Crippen LogP contribution < -0.4 is 5.32 Å². The summed E-state index contributed by atoms with van der Waals surface area (Å²) >= 11 is 1.37. The van der Waals surface area contributed by atoms with Gasteiger partial charge in [0.2, 0.25) is 0 Å². The molecule has 1 atom stereocenters. The minimum absolute atomic E-state index is 0.303. The van der Waals surface area contributed by atoms with Gasteiger partial charge in [0.05, 0.1) is 12.8 Å². The van der Waals surface area contributed by atoms with Gasteiger partial charge in [-0.3, -0.25) is 0 Å². The number of rotatable bonds is 5. The Morgan fingerprint density at radius 1 is 1.65 bits per heavy atom. The van der Waals surface area contributed by atoms with Crippen LogP contribution in [0.5, 0.6) is 0 Å². The van der Waals surface area contributed by atoms with E-state index in [0.29, 0.717) is 10.9 Å². The standard InChI is InChI=1S/C12H18N2O2S/c1-7(6-9-4-5-9)13-12-14-8(2)10(17-12)11(15)16-3/h7,9H,4-6H2,1-3H3,(H,13,14). The maximum Gasteiger partial charge on any atom is 0.350 e. The van der Waals surface area contributed by atoms with Crippen molar-refractivity contribution in [3.8, 4) is 0 Å². The number of aryl methyl sites for hydroxylation is 1. The number of hydrogen-bond acceptors (Lipinski definition) is 5. The lowest BCUT2D eigenvalue weighted by atomic mass is 10.2. The summed E-state index contributed by atoms with van der Waals surface area (Å²) in [5.74, 6) is 0.585. The molecule has 0 spiro atoms. The van der Waals surface area contributed by atoms with Gasteiger partial charge >= 0.3 is 5.97 Å². The lowest BCUT2D eigenvalue weighted by Gasteiger charge is -2.11. The highest BCUT2D eigenvalue weighted by Crippen LogP contribution is 2.34. The van der Waals surface area contributed by atoms with Crippen LogP contribution >= 0.6 is 11.3 Å². The number of aromatic nitrogens is 1. The highest BCUT2D eigenvalue weighted by molar-refractivity contribution is 7.17. The zero-order chi connectivity index (χ0) is 12.4. The molecule has 0 amide bonds. The fourth-order valence-corrected chi connectivity index (χ4v) is 2.86. The Bertz CT molecular complexity index is 413. The summed E-state index contributed by atoms with van der Waals surface area (Å²) in [6, 6.07) is 0.415. The number of esters is 1. The summed E-state index contributed by atoms with van der Waals surface area (Å²) in [6.45, 7) is 3.99. The molecule has 1 N–H and O–H groups in total. The molecular formula is C12H18N2O2S. The van der Waals surface area contributed by atoms with E-state index in [0.717, 1.165) is 16.7 Å². The van der Waals surface area contributed by atoms with Crippen molar-refractivity contribution in [1.29, 1.82) is 0 Å². The average Bonchev–Trinajstić information content (AvgIpc) is 3.00. The Morgan fingerprint density at radius 2 is 2.35 bits per heavy atom. The van der Waals surface area contributed by atoms with Crippen molar-refractivity contribution in [2.24, 2.45) is 5.92 Å². The predicted molar refractivity (Wildman–Crippen MR) is 68.6 cm³/mol. The molecule has 0 aromatic carbocycles. The maximum atomic E-state index is 11.4. The molecule has 1 aliphatic rings. The van der Waals surface area contributed by atoms with Gasteiger partial charge in [0, 0.05) is 6.04 Å². The van der Waals surface area contributed by atoms with Crippen molar-refractivity contribution >= 4 is 22.4 Å². The normalized spacial score (nSPS) is 16.6. The molecular weight excluding hydrogens is 236 g/mol. The van der Waals surface area contributed by atoms with E-state index in [2.05, 4.69) is 17.2 Å². The van der Waals surface area contributed by atoms with Gasteiger partial charge < -0.3 is 10.1 Å². The summed E-state index contributed by atoms with van der Waals surface area (Å²) in [4.78, 5) is 16.4. The van der Waals surface area contributed by atoms with E-state index in [9.17, 15) is 4.79 Å². The highest BCUT2D eigenvalue weighted by atomic mass is 32.1. The van der Waals surface area contributed by atoms with Gasteiger partial charge in [-0.25, -0.2) is 9.78 Å². The van der Waals surface area contributed by atoms with E-state index in [1.54, 1.807) is 0 Å². The highest BCUT2D eigenvalue weighted by Gasteiger charge is 2.24. The number of carbonyl (C=O) groups excluding carboxylic acids is 1. The van der Waals surface area contributed by atoms with Crippen LogP contribution in [0.1, 0.15) is 41.6 Å². The number of anilines is 1. The number of carbonyl (C=O) groups is 1. The van der Waals surface area contributed by atoms with Crippen molar-refractivity contribution < 1.29 is 9.53 Å². The monoisotopic (exact) mass is 254 g/mol. The van der Waals surface area contributed by atoms with E-state index in [-0.39, 0.29) is 5.97 Å². The van der Waals surface area contributed by atoms with Gasteiger partial charge in [-0.15, -0.1) is 0 Å². The van der Waals surface area contributed by atoms with Crippen LogP contribution in [0, 0.1) is 12.8 Å². The van der Waals surface area contributed by atoms with Gasteiger partial charge in [-0.1, -0.05) is 24.2 Å². The lowest BCUT2D eigenvalue weighted by Crippen LogP contribution is -2.15. The van der Waals surface area contributed by atoms with Crippen molar-refractivity contribution in [1.82, 2.24) is 4.98 Å². The Hall–Kier alpha value is -1.10. The van der Waals surface area contributed by atoms with Gasteiger partial charge in [0.15, 0.2) is 5.13 Å². The smallest absolute Gasteiger partial charge is 0.350 e. The van der Waals surface area contributed by atoms with Gasteiger partial charge in [0.25, 0.3) is 0 Å². The minimum atomic E-state index is -0.303.